The Morgan fingerprint density at radius 2 is 1.93 bits per heavy atom. The van der Waals surface area contributed by atoms with Crippen LogP contribution in [0.15, 0.2) is 72.8 Å². The third-order valence-electron chi connectivity index (χ3n) is 6.90. The molecule has 42 heavy (non-hydrogen) atoms. The first-order valence-electron chi connectivity index (χ1n) is 13.1. The Morgan fingerprint density at radius 1 is 1.07 bits per heavy atom. The lowest BCUT2D eigenvalue weighted by Gasteiger charge is -2.26. The lowest BCUT2D eigenvalue weighted by atomic mass is 10.0. The van der Waals surface area contributed by atoms with E-state index in [0.29, 0.717) is 57.0 Å². The molecule has 0 N–H and O–H groups in total. The van der Waals surface area contributed by atoms with Gasteiger partial charge >= 0.3 is 5.97 Å². The highest BCUT2D eigenvalue weighted by Crippen LogP contribution is 2.29. The molecule has 1 atom stereocenters. The van der Waals surface area contributed by atoms with E-state index < -0.39 is 17.6 Å². The highest BCUT2D eigenvalue weighted by atomic mass is 35.5. The monoisotopic (exact) mass is 591 g/mol. The van der Waals surface area contributed by atoms with E-state index >= 15 is 4.39 Å². The van der Waals surface area contributed by atoms with Crippen molar-refractivity contribution in [2.45, 2.75) is 25.6 Å². The van der Waals surface area contributed by atoms with Crippen LogP contribution in [0.25, 0.3) is 22.2 Å². The Labute approximate surface area is 244 Å². The quantitative estimate of drug-likeness (QED) is 0.179. The van der Waals surface area contributed by atoms with Gasteiger partial charge < -0.3 is 19.0 Å². The Bertz CT molecular complexity index is 1790. The zero-order chi connectivity index (χ0) is 29.2. The Balaban J connectivity index is 1.24. The summed E-state index contributed by atoms with van der Waals surface area (Å²) in [5, 5.41) is 5.47. The number of carbonyl (C=O) groups is 1. The molecule has 214 valence electrons. The fourth-order valence-electron chi connectivity index (χ4n) is 4.56. The summed E-state index contributed by atoms with van der Waals surface area (Å²) < 4.78 is 45.6. The van der Waals surface area contributed by atoms with Crippen LogP contribution in [-0.4, -0.2) is 40.7 Å². The van der Waals surface area contributed by atoms with E-state index in [0.717, 1.165) is 6.42 Å². The highest BCUT2D eigenvalue weighted by Gasteiger charge is 2.25. The van der Waals surface area contributed by atoms with Crippen LogP contribution in [0.4, 0.5) is 8.78 Å². The number of aromatic nitrogens is 3. The van der Waals surface area contributed by atoms with Crippen molar-refractivity contribution in [3.8, 4) is 22.9 Å². The van der Waals surface area contributed by atoms with Gasteiger partial charge in [0, 0.05) is 40.6 Å². The topological polar surface area (TPSA) is 84.7 Å². The maximum atomic E-state index is 15.3. The van der Waals surface area contributed by atoms with E-state index in [-0.39, 0.29) is 24.3 Å². The Kier molecular flexibility index (Phi) is 7.73. The summed E-state index contributed by atoms with van der Waals surface area (Å²) in [7, 11) is 1.32. The number of benzene rings is 3. The molecule has 0 amide bonds. The fourth-order valence-corrected chi connectivity index (χ4v) is 4.72. The molecule has 8 nitrogen and oxygen atoms in total. The van der Waals surface area contributed by atoms with Crippen molar-refractivity contribution in [1.82, 2.24) is 14.9 Å². The van der Waals surface area contributed by atoms with Gasteiger partial charge in [-0.3, -0.25) is 0 Å². The molecule has 1 saturated heterocycles. The first-order valence-corrected chi connectivity index (χ1v) is 13.5. The lowest BCUT2D eigenvalue weighted by molar-refractivity contribution is -0.0516. The van der Waals surface area contributed by atoms with Crippen LogP contribution in [0, 0.1) is 11.6 Å². The average Bonchev–Trinajstić information content (AvgIpc) is 3.31. The zero-order valence-electron chi connectivity index (χ0n) is 22.4. The van der Waals surface area contributed by atoms with Crippen molar-refractivity contribution in [2.75, 3.05) is 13.7 Å². The number of nitrogens with zero attached hydrogens (tertiary/aromatic N) is 3. The maximum Gasteiger partial charge on any atom is 0.337 e. The Morgan fingerprint density at radius 3 is 2.67 bits per heavy atom. The molecule has 1 fully saturated rings. The molecule has 0 aliphatic carbocycles. The van der Waals surface area contributed by atoms with Crippen LogP contribution in [0.1, 0.15) is 28.0 Å². The van der Waals surface area contributed by atoms with Crippen molar-refractivity contribution in [1.29, 1.82) is 0 Å². The van der Waals surface area contributed by atoms with Crippen LogP contribution >= 0.6 is 11.6 Å². The standard InChI is InChI=1S/C31H24ClF2N3O5/c1-39-31(38)19-6-9-27-23(13-19)28(16-22-11-12-40-22)37(36-27)42-29-10-7-18(14-25(29)34)26-3-2-4-30(35-26)41-17-20-5-8-21(32)15-24(20)33/h2-10,13-15,22H,11-12,16-17H2,1H3. The van der Waals surface area contributed by atoms with Gasteiger partial charge in [-0.25, -0.2) is 18.6 Å². The summed E-state index contributed by atoms with van der Waals surface area (Å²) in [6.45, 7) is 0.619. The first kappa shape index (κ1) is 27.6. The summed E-state index contributed by atoms with van der Waals surface area (Å²) in [6, 6.07) is 18.8. The molecule has 3 heterocycles. The van der Waals surface area contributed by atoms with Crippen LogP contribution in [-0.2, 0) is 22.5 Å². The number of fused-ring (bicyclic) bond motifs is 1. The van der Waals surface area contributed by atoms with Crippen LogP contribution in [0.5, 0.6) is 11.6 Å². The van der Waals surface area contributed by atoms with Gasteiger partial charge in [0.1, 0.15) is 12.4 Å². The second kappa shape index (κ2) is 11.8. The van der Waals surface area contributed by atoms with Crippen molar-refractivity contribution in [3.63, 3.8) is 0 Å². The maximum absolute atomic E-state index is 15.3. The third kappa shape index (κ3) is 5.77. The van der Waals surface area contributed by atoms with Gasteiger partial charge in [0.15, 0.2) is 11.6 Å². The molecule has 1 aliphatic heterocycles. The molecule has 0 saturated carbocycles. The van der Waals surface area contributed by atoms with Crippen LogP contribution < -0.4 is 9.57 Å². The van der Waals surface area contributed by atoms with Crippen LogP contribution in [0.2, 0.25) is 5.02 Å². The van der Waals surface area contributed by atoms with E-state index in [1.807, 2.05) is 0 Å². The van der Waals surface area contributed by atoms with Gasteiger partial charge in [0.2, 0.25) is 5.88 Å². The molecule has 5 aromatic rings. The summed E-state index contributed by atoms with van der Waals surface area (Å²) in [5.41, 5.74) is 2.86. The minimum atomic E-state index is -0.635. The summed E-state index contributed by atoms with van der Waals surface area (Å²) in [6.07, 6.45) is 1.31. The molecule has 3 aromatic carbocycles. The molecule has 0 spiro atoms. The molecule has 0 radical (unpaired) electrons. The lowest BCUT2D eigenvalue weighted by Crippen LogP contribution is -2.30. The molecule has 1 unspecified atom stereocenters. The number of ether oxygens (including phenoxy) is 3. The van der Waals surface area contributed by atoms with E-state index in [1.165, 1.54) is 30.2 Å². The molecule has 2 aromatic heterocycles. The largest absolute Gasteiger partial charge is 0.473 e. The van der Waals surface area contributed by atoms with Crippen molar-refractivity contribution in [3.05, 3.63) is 106 Å². The molecule has 6 rings (SSSR count). The highest BCUT2D eigenvalue weighted by molar-refractivity contribution is 6.30. The van der Waals surface area contributed by atoms with E-state index in [9.17, 15) is 9.18 Å². The van der Waals surface area contributed by atoms with E-state index in [4.69, 9.17) is 30.6 Å². The number of carbonyl (C=O) groups excluding carboxylic acids is 1. The number of pyridine rings is 1. The average molecular weight is 592 g/mol. The van der Waals surface area contributed by atoms with Gasteiger partial charge in [0.05, 0.1) is 35.7 Å². The molecular weight excluding hydrogens is 568 g/mol. The predicted octanol–water partition coefficient (Wildman–Crippen LogP) is 6.57. The van der Waals surface area contributed by atoms with Crippen LogP contribution in [0.3, 0.4) is 0 Å². The number of halogens is 3. The van der Waals surface area contributed by atoms with Crippen molar-refractivity contribution >= 4 is 28.5 Å². The normalized spacial score (nSPS) is 14.4. The minimum Gasteiger partial charge on any atom is -0.473 e. The van der Waals surface area contributed by atoms with Gasteiger partial charge in [0.25, 0.3) is 0 Å². The number of rotatable bonds is 9. The molecular formula is C31H24ClF2N3O5. The number of methoxy groups -OCH3 is 1. The molecule has 11 heteroatoms. The number of hydrogen-bond acceptors (Lipinski definition) is 7. The second-order valence-electron chi connectivity index (χ2n) is 9.65. The zero-order valence-corrected chi connectivity index (χ0v) is 23.1. The summed E-state index contributed by atoms with van der Waals surface area (Å²) >= 11 is 5.81. The first-order chi connectivity index (χ1) is 20.4. The minimum absolute atomic E-state index is 0.0296. The molecule has 0 bridgehead atoms. The van der Waals surface area contributed by atoms with Gasteiger partial charge in [-0.2, -0.15) is 0 Å². The fraction of sp³-hybridized carbons (Fsp3) is 0.194. The molecule has 1 aliphatic rings. The number of esters is 1. The van der Waals surface area contributed by atoms with Crippen molar-refractivity contribution in [2.24, 2.45) is 0 Å². The summed E-state index contributed by atoms with van der Waals surface area (Å²) in [4.78, 5) is 23.7. The SMILES string of the molecule is COC(=O)c1ccc2nn(Oc3ccc(-c4cccc(OCc5ccc(Cl)cc5F)n4)cc3F)c(CC3CCO3)c2c1. The smallest absolute Gasteiger partial charge is 0.337 e. The van der Waals surface area contributed by atoms with Gasteiger partial charge in [-0.15, -0.1) is 5.10 Å². The van der Waals surface area contributed by atoms with Gasteiger partial charge in [-0.05, 0) is 61.0 Å². The van der Waals surface area contributed by atoms with E-state index in [1.54, 1.807) is 54.6 Å². The third-order valence-corrected chi connectivity index (χ3v) is 7.13. The second-order valence-corrected chi connectivity index (χ2v) is 10.1. The number of hydrogen-bond donors (Lipinski definition) is 0. The summed E-state index contributed by atoms with van der Waals surface area (Å²) in [5.74, 6) is -1.39. The van der Waals surface area contributed by atoms with Gasteiger partial charge in [-0.1, -0.05) is 28.6 Å². The predicted molar refractivity (Wildman–Crippen MR) is 151 cm³/mol. The van der Waals surface area contributed by atoms with E-state index in [2.05, 4.69) is 10.1 Å². The van der Waals surface area contributed by atoms with Crippen molar-refractivity contribution < 1.29 is 32.6 Å². The Hall–Kier alpha value is -4.54.